The number of hydrogen-bond donors (Lipinski definition) is 0. The first kappa shape index (κ1) is 18.6. The second-order valence-electron chi connectivity index (χ2n) is 10.1. The second kappa shape index (κ2) is 6.50. The quantitative estimate of drug-likeness (QED) is 0.159. The van der Waals surface area contributed by atoms with E-state index in [0.29, 0.717) is 0 Å². The molecule has 9 aromatic rings. The number of hydrogen-bond acceptors (Lipinski definition) is 0. The molecule has 0 fully saturated rings. The molecule has 0 saturated heterocycles. The maximum Gasteiger partial charge on any atom is -0.000762 e. The summed E-state index contributed by atoms with van der Waals surface area (Å²) < 4.78 is 0. The van der Waals surface area contributed by atoms with Crippen LogP contribution >= 0.6 is 0 Å². The third-order valence-electron chi connectivity index (χ3n) is 8.24. The van der Waals surface area contributed by atoms with Crippen molar-refractivity contribution in [3.8, 4) is 0 Å². The Morgan fingerprint density at radius 1 is 0.222 bits per heavy atom. The molecular formula is C36H20. The highest BCUT2D eigenvalue weighted by atomic mass is 14.2. The zero-order valence-electron chi connectivity index (χ0n) is 19.5. The number of fused-ring (bicyclic) bond motifs is 10. The van der Waals surface area contributed by atoms with Gasteiger partial charge in [-0.3, -0.25) is 0 Å². The fourth-order valence-electron chi connectivity index (χ4n) is 6.85. The number of rotatable bonds is 0. The minimum absolute atomic E-state index is 1.30. The van der Waals surface area contributed by atoms with Gasteiger partial charge < -0.3 is 0 Å². The van der Waals surface area contributed by atoms with Crippen molar-refractivity contribution in [2.75, 3.05) is 0 Å². The largest absolute Gasteiger partial charge is 0.0616 e. The van der Waals surface area contributed by atoms with Gasteiger partial charge in [-0.1, -0.05) is 97.1 Å². The Morgan fingerprint density at radius 3 is 0.750 bits per heavy atom. The van der Waals surface area contributed by atoms with Gasteiger partial charge in [-0.2, -0.15) is 0 Å². The van der Waals surface area contributed by atoms with Gasteiger partial charge in [0.15, 0.2) is 0 Å². The lowest BCUT2D eigenvalue weighted by molar-refractivity contribution is 1.79. The van der Waals surface area contributed by atoms with Crippen molar-refractivity contribution in [1.29, 1.82) is 0 Å². The maximum atomic E-state index is 2.39. The van der Waals surface area contributed by atoms with Crippen LogP contribution in [0.2, 0.25) is 0 Å². The average Bonchev–Trinajstić information content (AvgIpc) is 2.93. The fraction of sp³-hybridized carbons (Fsp3) is 0. The van der Waals surface area contributed by atoms with Gasteiger partial charge in [-0.05, 0) is 110 Å². The van der Waals surface area contributed by atoms with Crippen LogP contribution in [0.5, 0.6) is 0 Å². The Bertz CT molecular complexity index is 2030. The summed E-state index contributed by atoms with van der Waals surface area (Å²) in [5.41, 5.74) is 0. The lowest BCUT2D eigenvalue weighted by atomic mass is 9.82. The van der Waals surface area contributed by atoms with Gasteiger partial charge in [-0.15, -0.1) is 0 Å². The highest BCUT2D eigenvalue weighted by molar-refractivity contribution is 6.48. The van der Waals surface area contributed by atoms with E-state index >= 15 is 0 Å². The summed E-state index contributed by atoms with van der Waals surface area (Å²) >= 11 is 0. The van der Waals surface area contributed by atoms with E-state index in [9.17, 15) is 0 Å². The Hall–Kier alpha value is -4.68. The van der Waals surface area contributed by atoms with Crippen molar-refractivity contribution in [3.63, 3.8) is 0 Å². The fourth-order valence-corrected chi connectivity index (χ4v) is 6.85. The molecule has 0 heteroatoms. The minimum Gasteiger partial charge on any atom is -0.0616 e. The van der Waals surface area contributed by atoms with Crippen molar-refractivity contribution in [3.05, 3.63) is 121 Å². The molecule has 164 valence electrons. The van der Waals surface area contributed by atoms with E-state index < -0.39 is 0 Å². The topological polar surface area (TPSA) is 0 Å². The summed E-state index contributed by atoms with van der Waals surface area (Å²) in [4.78, 5) is 0. The maximum absolute atomic E-state index is 2.39. The monoisotopic (exact) mass is 452 g/mol. The van der Waals surface area contributed by atoms with Gasteiger partial charge in [0.25, 0.3) is 0 Å². The van der Waals surface area contributed by atoms with Crippen molar-refractivity contribution in [2.24, 2.45) is 0 Å². The van der Waals surface area contributed by atoms with Crippen LogP contribution in [0.1, 0.15) is 0 Å². The first-order chi connectivity index (χ1) is 17.9. The van der Waals surface area contributed by atoms with Crippen LogP contribution in [0.4, 0.5) is 0 Å². The molecule has 0 N–H and O–H groups in total. The molecule has 0 aliphatic rings. The van der Waals surface area contributed by atoms with E-state index in [2.05, 4.69) is 121 Å². The molecule has 0 radical (unpaired) electrons. The molecular weight excluding hydrogens is 432 g/mol. The summed E-state index contributed by atoms with van der Waals surface area (Å²) in [7, 11) is 0. The van der Waals surface area contributed by atoms with E-state index in [1.807, 2.05) is 0 Å². The molecule has 0 aromatic heterocycles. The van der Waals surface area contributed by atoms with E-state index in [4.69, 9.17) is 0 Å². The van der Waals surface area contributed by atoms with Crippen molar-refractivity contribution >= 4 is 86.2 Å². The highest BCUT2D eigenvalue weighted by Crippen LogP contribution is 2.50. The van der Waals surface area contributed by atoms with Gasteiger partial charge in [-0.25, -0.2) is 0 Å². The smallest absolute Gasteiger partial charge is 0.000762 e. The van der Waals surface area contributed by atoms with Crippen molar-refractivity contribution in [1.82, 2.24) is 0 Å². The van der Waals surface area contributed by atoms with Crippen LogP contribution in [0, 0.1) is 0 Å². The molecule has 0 aliphatic heterocycles. The van der Waals surface area contributed by atoms with E-state index in [0.717, 1.165) is 0 Å². The molecule has 0 spiro atoms. The Balaban J connectivity index is 1.82. The Kier molecular flexibility index (Phi) is 3.36. The first-order valence-electron chi connectivity index (χ1n) is 12.6. The number of benzene rings is 9. The Morgan fingerprint density at radius 2 is 0.472 bits per heavy atom. The van der Waals surface area contributed by atoms with E-state index in [1.165, 1.54) is 86.2 Å². The molecule has 0 heterocycles. The third-order valence-corrected chi connectivity index (χ3v) is 8.24. The summed E-state index contributed by atoms with van der Waals surface area (Å²) in [6.07, 6.45) is 0. The van der Waals surface area contributed by atoms with Crippen molar-refractivity contribution in [2.45, 2.75) is 0 Å². The lowest BCUT2D eigenvalue weighted by Gasteiger charge is -2.21. The molecule has 0 nitrogen and oxygen atoms in total. The van der Waals surface area contributed by atoms with Gasteiger partial charge >= 0.3 is 0 Å². The van der Waals surface area contributed by atoms with Crippen LogP contribution in [0.3, 0.4) is 0 Å². The third kappa shape index (κ3) is 2.20. The molecule has 0 aliphatic carbocycles. The van der Waals surface area contributed by atoms with Crippen LogP contribution in [-0.4, -0.2) is 0 Å². The average molecular weight is 453 g/mol. The van der Waals surface area contributed by atoms with Gasteiger partial charge in [0.1, 0.15) is 0 Å². The predicted molar refractivity (Wildman–Crippen MR) is 158 cm³/mol. The summed E-state index contributed by atoms with van der Waals surface area (Å²) in [5, 5.41) is 21.4. The van der Waals surface area contributed by atoms with Crippen LogP contribution in [0.15, 0.2) is 121 Å². The Labute approximate surface area is 207 Å². The molecule has 0 unspecified atom stereocenters. The minimum atomic E-state index is 1.30. The van der Waals surface area contributed by atoms with Crippen LogP contribution in [-0.2, 0) is 0 Å². The molecule has 9 aromatic carbocycles. The second-order valence-corrected chi connectivity index (χ2v) is 10.1. The predicted octanol–water partition coefficient (Wildman–Crippen LogP) is 10.3. The lowest BCUT2D eigenvalue weighted by Crippen LogP contribution is -1.92. The van der Waals surface area contributed by atoms with Gasteiger partial charge in [0.05, 0.1) is 0 Å². The molecule has 0 atom stereocenters. The van der Waals surface area contributed by atoms with Crippen LogP contribution in [0.25, 0.3) is 86.2 Å². The normalized spacial score (nSPS) is 12.4. The zero-order valence-corrected chi connectivity index (χ0v) is 19.5. The first-order valence-corrected chi connectivity index (χ1v) is 12.6. The molecule has 36 heavy (non-hydrogen) atoms. The zero-order chi connectivity index (χ0) is 23.4. The van der Waals surface area contributed by atoms with Crippen molar-refractivity contribution < 1.29 is 0 Å². The highest BCUT2D eigenvalue weighted by Gasteiger charge is 2.21. The summed E-state index contributed by atoms with van der Waals surface area (Å²) in [6.45, 7) is 0. The molecule has 9 rings (SSSR count). The van der Waals surface area contributed by atoms with E-state index in [1.54, 1.807) is 0 Å². The van der Waals surface area contributed by atoms with Crippen LogP contribution < -0.4 is 0 Å². The van der Waals surface area contributed by atoms with Gasteiger partial charge in [0.2, 0.25) is 0 Å². The molecule has 0 amide bonds. The van der Waals surface area contributed by atoms with E-state index in [-0.39, 0.29) is 0 Å². The summed E-state index contributed by atoms with van der Waals surface area (Å²) in [6, 6.07) is 45.2. The summed E-state index contributed by atoms with van der Waals surface area (Å²) in [5.74, 6) is 0. The van der Waals surface area contributed by atoms with Gasteiger partial charge in [0, 0.05) is 0 Å². The standard InChI is InChI=1S/C36H20/c1-5-13-27-21(9-1)17-25-18-22-10-2-7-15-29(22)35-31(25)33(27)34-28-14-6-3-11-23(28)19-26-20-24-12-4-8-16-30(24)36(35)32(26)34/h1-20H. The molecule has 0 saturated carbocycles. The SMILES string of the molecule is c1ccc2c(c1)cc1cc3ccccc3c3c1c2c1c2ccccc2cc2cc4ccccc4c3c21. The molecule has 0 bridgehead atoms.